The molecule has 7 heteroatoms. The third kappa shape index (κ3) is 6.56. The summed E-state index contributed by atoms with van der Waals surface area (Å²) < 4.78 is 5.43. The maximum Gasteiger partial charge on any atom is 0.225 e. The van der Waals surface area contributed by atoms with Gasteiger partial charge in [0.05, 0.1) is 0 Å². The van der Waals surface area contributed by atoms with Gasteiger partial charge in [0.15, 0.2) is 5.96 Å². The molecule has 0 aromatic heterocycles. The Balaban J connectivity index is 1.34. The lowest BCUT2D eigenvalue weighted by Gasteiger charge is -2.34. The van der Waals surface area contributed by atoms with Gasteiger partial charge in [-0.15, -0.1) is 0 Å². The number of hydrogen-bond acceptors (Lipinski definition) is 4. The monoisotopic (exact) mass is 396 g/mol. The number of carbonyl (C=O) groups is 1. The average Bonchev–Trinajstić information content (AvgIpc) is 2.74. The van der Waals surface area contributed by atoms with Gasteiger partial charge < -0.3 is 20.3 Å². The molecule has 6 nitrogen and oxygen atoms in total. The first-order chi connectivity index (χ1) is 13.3. The molecule has 0 bridgehead atoms. The Hall–Kier alpha value is -0.950. The van der Waals surface area contributed by atoms with Crippen molar-refractivity contribution in [3.63, 3.8) is 0 Å². The number of thioether (sulfide) groups is 1. The molecule has 0 atom stereocenters. The van der Waals surface area contributed by atoms with Crippen LogP contribution < -0.4 is 10.6 Å². The SMILES string of the molecule is CN=C(NCCC1CCOCC1)NC1CCC(C(=O)N2CCSCC2)CC1. The number of aliphatic imine (C=N–C) groups is 1. The van der Waals surface area contributed by atoms with E-state index in [-0.39, 0.29) is 5.92 Å². The van der Waals surface area contributed by atoms with E-state index in [2.05, 4.69) is 20.5 Å². The van der Waals surface area contributed by atoms with Crippen molar-refractivity contribution < 1.29 is 9.53 Å². The molecule has 3 rings (SSSR count). The van der Waals surface area contributed by atoms with E-state index in [4.69, 9.17) is 4.74 Å². The molecule has 0 aromatic rings. The predicted octanol–water partition coefficient (Wildman–Crippen LogP) is 2.10. The maximum atomic E-state index is 12.7. The second-order valence-corrected chi connectivity index (χ2v) is 9.20. The number of amides is 1. The Morgan fingerprint density at radius 1 is 1.11 bits per heavy atom. The number of rotatable bonds is 5. The normalized spacial score (nSPS) is 28.0. The van der Waals surface area contributed by atoms with E-state index in [1.165, 1.54) is 19.3 Å². The summed E-state index contributed by atoms with van der Waals surface area (Å²) in [4.78, 5) is 19.2. The molecule has 0 aromatic carbocycles. The number of guanidine groups is 1. The summed E-state index contributed by atoms with van der Waals surface area (Å²) in [5, 5.41) is 7.04. The van der Waals surface area contributed by atoms with Crippen LogP contribution in [0.4, 0.5) is 0 Å². The molecule has 1 saturated carbocycles. The molecule has 1 aliphatic carbocycles. The molecule has 27 heavy (non-hydrogen) atoms. The highest BCUT2D eigenvalue weighted by Crippen LogP contribution is 2.27. The van der Waals surface area contributed by atoms with Gasteiger partial charge in [0.25, 0.3) is 0 Å². The fourth-order valence-corrected chi connectivity index (χ4v) is 5.25. The summed E-state index contributed by atoms with van der Waals surface area (Å²) in [5.74, 6) is 4.50. The van der Waals surface area contributed by atoms with Gasteiger partial charge >= 0.3 is 0 Å². The first kappa shape index (κ1) is 20.8. The Morgan fingerprint density at radius 2 is 1.81 bits per heavy atom. The van der Waals surface area contributed by atoms with Crippen molar-refractivity contribution in [1.29, 1.82) is 0 Å². The van der Waals surface area contributed by atoms with Crippen molar-refractivity contribution in [1.82, 2.24) is 15.5 Å². The molecular weight excluding hydrogens is 360 g/mol. The first-order valence-corrected chi connectivity index (χ1v) is 11.8. The highest BCUT2D eigenvalue weighted by Gasteiger charge is 2.30. The van der Waals surface area contributed by atoms with E-state index in [0.29, 0.717) is 11.9 Å². The van der Waals surface area contributed by atoms with E-state index >= 15 is 0 Å². The number of carbonyl (C=O) groups excluding carboxylic acids is 1. The predicted molar refractivity (Wildman–Crippen MR) is 112 cm³/mol. The number of nitrogens with one attached hydrogen (secondary N) is 2. The molecular formula is C20H36N4O2S. The fraction of sp³-hybridized carbons (Fsp3) is 0.900. The van der Waals surface area contributed by atoms with Crippen LogP contribution in [0.25, 0.3) is 0 Å². The standard InChI is InChI=1S/C20H36N4O2S/c1-21-20(22-9-6-16-7-12-26-13-8-16)23-18-4-2-17(3-5-18)19(25)24-10-14-27-15-11-24/h16-18H,2-15H2,1H3,(H2,21,22,23). The highest BCUT2D eigenvalue weighted by atomic mass is 32.2. The van der Waals surface area contributed by atoms with E-state index in [1.54, 1.807) is 0 Å². The zero-order valence-electron chi connectivity index (χ0n) is 16.8. The lowest BCUT2D eigenvalue weighted by Crippen LogP contribution is -2.47. The fourth-order valence-electron chi connectivity index (χ4n) is 4.34. The summed E-state index contributed by atoms with van der Waals surface area (Å²) in [6.07, 6.45) is 7.65. The molecule has 2 N–H and O–H groups in total. The Kier molecular flexibility index (Phi) is 8.58. The number of nitrogens with zero attached hydrogens (tertiary/aromatic N) is 2. The summed E-state index contributed by atoms with van der Waals surface area (Å²) >= 11 is 1.96. The largest absolute Gasteiger partial charge is 0.381 e. The second-order valence-electron chi connectivity index (χ2n) is 7.97. The third-order valence-electron chi connectivity index (χ3n) is 6.15. The van der Waals surface area contributed by atoms with Crippen molar-refractivity contribution in [3.8, 4) is 0 Å². The van der Waals surface area contributed by atoms with Crippen molar-refractivity contribution in [3.05, 3.63) is 0 Å². The van der Waals surface area contributed by atoms with Crippen LogP contribution in [0.1, 0.15) is 44.9 Å². The summed E-state index contributed by atoms with van der Waals surface area (Å²) in [5.41, 5.74) is 0. The van der Waals surface area contributed by atoms with Crippen molar-refractivity contribution in [2.45, 2.75) is 51.0 Å². The van der Waals surface area contributed by atoms with Crippen molar-refractivity contribution in [2.75, 3.05) is 51.4 Å². The van der Waals surface area contributed by atoms with Crippen LogP contribution in [-0.2, 0) is 9.53 Å². The minimum absolute atomic E-state index is 0.231. The molecule has 1 amide bonds. The highest BCUT2D eigenvalue weighted by molar-refractivity contribution is 7.99. The second kappa shape index (κ2) is 11.1. The van der Waals surface area contributed by atoms with Gasteiger partial charge in [0.2, 0.25) is 5.91 Å². The van der Waals surface area contributed by atoms with Crippen molar-refractivity contribution in [2.24, 2.45) is 16.8 Å². The van der Waals surface area contributed by atoms with Gasteiger partial charge in [-0.1, -0.05) is 0 Å². The zero-order valence-corrected chi connectivity index (χ0v) is 17.6. The molecule has 0 radical (unpaired) electrons. The van der Waals surface area contributed by atoms with Gasteiger partial charge in [0.1, 0.15) is 0 Å². The van der Waals surface area contributed by atoms with E-state index in [9.17, 15) is 4.79 Å². The zero-order chi connectivity index (χ0) is 18.9. The van der Waals surface area contributed by atoms with Crippen LogP contribution in [0, 0.1) is 11.8 Å². The first-order valence-electron chi connectivity index (χ1n) is 10.7. The molecule has 2 saturated heterocycles. The molecule has 154 valence electrons. The number of ether oxygens (including phenoxy) is 1. The quantitative estimate of drug-likeness (QED) is 0.550. The van der Waals surface area contributed by atoms with Crippen LogP contribution in [0.5, 0.6) is 0 Å². The van der Waals surface area contributed by atoms with Crippen LogP contribution >= 0.6 is 11.8 Å². The summed E-state index contributed by atoms with van der Waals surface area (Å²) in [6.45, 7) is 4.66. The average molecular weight is 397 g/mol. The smallest absolute Gasteiger partial charge is 0.225 e. The summed E-state index contributed by atoms with van der Waals surface area (Å²) in [7, 11) is 1.84. The van der Waals surface area contributed by atoms with Gasteiger partial charge in [0, 0.05) is 63.4 Å². The Bertz CT molecular complexity index is 482. The van der Waals surface area contributed by atoms with Crippen LogP contribution in [-0.4, -0.2) is 74.2 Å². The van der Waals surface area contributed by atoms with Crippen LogP contribution in [0.15, 0.2) is 4.99 Å². The van der Waals surface area contributed by atoms with Crippen LogP contribution in [0.2, 0.25) is 0 Å². The van der Waals surface area contributed by atoms with Gasteiger partial charge in [-0.25, -0.2) is 0 Å². The Morgan fingerprint density at radius 3 is 2.48 bits per heavy atom. The lowest BCUT2D eigenvalue weighted by atomic mass is 9.85. The maximum absolute atomic E-state index is 12.7. The molecule has 0 unspecified atom stereocenters. The molecule has 3 fully saturated rings. The van der Waals surface area contributed by atoms with Gasteiger partial charge in [-0.3, -0.25) is 9.79 Å². The van der Waals surface area contributed by atoms with E-state index in [0.717, 1.165) is 81.9 Å². The molecule has 2 aliphatic heterocycles. The third-order valence-corrected chi connectivity index (χ3v) is 7.09. The van der Waals surface area contributed by atoms with Gasteiger partial charge in [-0.05, 0) is 50.9 Å². The number of hydrogen-bond donors (Lipinski definition) is 2. The van der Waals surface area contributed by atoms with E-state index in [1.807, 2.05) is 18.8 Å². The minimum atomic E-state index is 0.231. The lowest BCUT2D eigenvalue weighted by molar-refractivity contribution is -0.136. The minimum Gasteiger partial charge on any atom is -0.381 e. The van der Waals surface area contributed by atoms with Crippen molar-refractivity contribution >= 4 is 23.6 Å². The van der Waals surface area contributed by atoms with Crippen LogP contribution in [0.3, 0.4) is 0 Å². The Labute approximate surface area is 168 Å². The van der Waals surface area contributed by atoms with Gasteiger partial charge in [-0.2, -0.15) is 11.8 Å². The van der Waals surface area contributed by atoms with E-state index < -0.39 is 0 Å². The summed E-state index contributed by atoms with van der Waals surface area (Å²) in [6, 6.07) is 0.431. The topological polar surface area (TPSA) is 66.0 Å². The molecule has 0 spiro atoms. The molecule has 2 heterocycles. The molecule has 3 aliphatic rings.